The van der Waals surface area contributed by atoms with Crippen LogP contribution >= 0.6 is 12.6 Å². The minimum atomic E-state index is -0.0556. The zero-order chi connectivity index (χ0) is 23.2. The fraction of sp³-hybridized carbons (Fsp3) is 0.520. The minimum absolute atomic E-state index is 0.0556. The highest BCUT2D eigenvalue weighted by atomic mass is 32.1. The number of aliphatic hydroxyl groups excluding tert-OH is 2. The number of rotatable bonds is 7. The van der Waals surface area contributed by atoms with E-state index in [1.807, 2.05) is 0 Å². The maximum atomic E-state index is 9.42. The van der Waals surface area contributed by atoms with Crippen molar-refractivity contribution in [2.75, 3.05) is 13.0 Å². The monoisotopic (exact) mass is 424 g/mol. The van der Waals surface area contributed by atoms with Crippen LogP contribution in [0.4, 0.5) is 0 Å². The van der Waals surface area contributed by atoms with Crippen LogP contribution in [0, 0.1) is 5.92 Å². The number of thiol groups is 1. The van der Waals surface area contributed by atoms with Gasteiger partial charge in [0, 0.05) is 6.42 Å². The van der Waals surface area contributed by atoms with Crippen LogP contribution in [0.5, 0.6) is 0 Å². The van der Waals surface area contributed by atoms with E-state index >= 15 is 0 Å². The number of aliphatic hydroxyl groups is 2. The summed E-state index contributed by atoms with van der Waals surface area (Å²) in [6.07, 6.45) is 6.54. The average Bonchev–Trinajstić information content (AvgIpc) is 2.67. The van der Waals surface area contributed by atoms with Crippen LogP contribution in [0.1, 0.15) is 71.4 Å². The highest BCUT2D eigenvalue weighted by Crippen LogP contribution is 2.17. The predicted octanol–water partition coefficient (Wildman–Crippen LogP) is 7.46. The number of hydrogen-bond donors (Lipinski definition) is 3. The van der Waals surface area contributed by atoms with Crippen molar-refractivity contribution in [2.24, 2.45) is 5.92 Å². The summed E-state index contributed by atoms with van der Waals surface area (Å²) in [5.41, 5.74) is 3.43. The lowest BCUT2D eigenvalue weighted by atomic mass is 9.98. The molecule has 0 saturated carbocycles. The summed E-state index contributed by atoms with van der Waals surface area (Å²) in [5.74, 6) is 1.75. The average molecular weight is 425 g/mol. The van der Waals surface area contributed by atoms with Gasteiger partial charge in [-0.15, -0.1) is 0 Å². The first kappa shape index (κ1) is 32.0. The highest BCUT2D eigenvalue weighted by Gasteiger charge is 2.02. The number of methoxy groups -OCH3 is 1. The van der Waals surface area contributed by atoms with Gasteiger partial charge in [0.2, 0.25) is 0 Å². The summed E-state index contributed by atoms with van der Waals surface area (Å²) < 4.78 is 4.31. The summed E-state index contributed by atoms with van der Waals surface area (Å²) >= 11 is 3.34. The van der Waals surface area contributed by atoms with Gasteiger partial charge >= 0.3 is 0 Å². The first-order valence-corrected chi connectivity index (χ1v) is 10.7. The molecule has 0 aliphatic carbocycles. The third-order valence-corrected chi connectivity index (χ3v) is 3.78. The van der Waals surface area contributed by atoms with E-state index in [1.54, 1.807) is 20.1 Å². The molecule has 168 valence electrons. The Morgan fingerprint density at radius 1 is 1.14 bits per heavy atom. The maximum Gasteiger partial charge on any atom is 0.0926 e. The molecule has 1 aromatic carbocycles. The number of hydrogen-bond acceptors (Lipinski definition) is 4. The van der Waals surface area contributed by atoms with Crippen LogP contribution in [0.3, 0.4) is 0 Å². The van der Waals surface area contributed by atoms with E-state index in [-0.39, 0.29) is 5.94 Å². The molecule has 0 atom stereocenters. The lowest BCUT2D eigenvalue weighted by Crippen LogP contribution is -1.93. The molecule has 0 aliphatic heterocycles. The van der Waals surface area contributed by atoms with Crippen LogP contribution in [-0.4, -0.2) is 23.3 Å². The van der Waals surface area contributed by atoms with Gasteiger partial charge in [-0.2, -0.15) is 12.6 Å². The third-order valence-electron chi connectivity index (χ3n) is 3.78. The second-order valence-corrected chi connectivity index (χ2v) is 7.40. The largest absolute Gasteiger partial charge is 0.512 e. The van der Waals surface area contributed by atoms with E-state index < -0.39 is 0 Å². The van der Waals surface area contributed by atoms with Crippen LogP contribution in [-0.2, 0) is 11.2 Å². The van der Waals surface area contributed by atoms with E-state index in [0.717, 1.165) is 17.9 Å². The standard InChI is InChI=1S/C15H20O.C6H14.C3H6O.CH4OS/c1-5-14(12(4)16)10-13-6-8-15(9-7-13)11(2)3;1-4-5-6(2)3;1-3-4-2;2-1-3/h5-9,11,16H,1,10H2,2-4H3;6H,4-5H2,1-3H3;3H,1H2,2H3;2-3H,1H2/b14-12-;;;. The maximum absolute atomic E-state index is 9.42. The molecule has 0 unspecified atom stereocenters. The van der Waals surface area contributed by atoms with Crippen molar-refractivity contribution < 1.29 is 14.9 Å². The zero-order valence-electron chi connectivity index (χ0n) is 19.6. The molecule has 0 radical (unpaired) electrons. The van der Waals surface area contributed by atoms with Gasteiger partial charge in [-0.25, -0.2) is 0 Å². The Kier molecular flexibility index (Phi) is 25.0. The van der Waals surface area contributed by atoms with Crippen molar-refractivity contribution in [1.29, 1.82) is 0 Å². The Hall–Kier alpha value is -1.65. The van der Waals surface area contributed by atoms with Crippen molar-refractivity contribution in [3.63, 3.8) is 0 Å². The molecule has 2 N–H and O–H groups in total. The zero-order valence-corrected chi connectivity index (χ0v) is 20.5. The van der Waals surface area contributed by atoms with Gasteiger partial charge in [-0.05, 0) is 35.5 Å². The normalized spacial score (nSPS) is 10.3. The highest BCUT2D eigenvalue weighted by molar-refractivity contribution is 7.80. The molecule has 0 saturated heterocycles. The molecule has 0 amide bonds. The molecule has 0 aliphatic rings. The molecule has 0 fully saturated rings. The minimum Gasteiger partial charge on any atom is -0.512 e. The molecule has 0 aromatic heterocycles. The summed E-state index contributed by atoms with van der Waals surface area (Å²) in [6.45, 7) is 19.8. The topological polar surface area (TPSA) is 49.7 Å². The first-order valence-electron chi connectivity index (χ1n) is 10.1. The SMILES string of the molecule is C=C/C(Cc1ccc(C(C)C)cc1)=C(\C)O.C=COC.CCCC(C)C.OCS. The van der Waals surface area contributed by atoms with Gasteiger partial charge < -0.3 is 14.9 Å². The molecule has 0 spiro atoms. The Morgan fingerprint density at radius 2 is 1.59 bits per heavy atom. The lowest BCUT2D eigenvalue weighted by Gasteiger charge is -2.08. The Morgan fingerprint density at radius 3 is 1.79 bits per heavy atom. The van der Waals surface area contributed by atoms with Crippen molar-refractivity contribution in [1.82, 2.24) is 0 Å². The summed E-state index contributed by atoms with van der Waals surface area (Å²) in [7, 11) is 1.56. The Bertz CT molecular complexity index is 528. The van der Waals surface area contributed by atoms with Crippen LogP contribution < -0.4 is 0 Å². The van der Waals surface area contributed by atoms with Gasteiger partial charge in [0.15, 0.2) is 0 Å². The summed E-state index contributed by atoms with van der Waals surface area (Å²) in [6, 6.07) is 8.52. The number of allylic oxidation sites excluding steroid dienone is 3. The molecular formula is C25H44O3S. The van der Waals surface area contributed by atoms with Gasteiger partial charge in [0.05, 0.1) is 25.1 Å². The predicted molar refractivity (Wildman–Crippen MR) is 133 cm³/mol. The summed E-state index contributed by atoms with van der Waals surface area (Å²) in [4.78, 5) is 0. The first-order chi connectivity index (χ1) is 13.6. The molecular weight excluding hydrogens is 380 g/mol. The van der Waals surface area contributed by atoms with Crippen molar-refractivity contribution in [2.45, 2.75) is 66.7 Å². The van der Waals surface area contributed by atoms with Crippen LogP contribution in [0.2, 0.25) is 0 Å². The fourth-order valence-corrected chi connectivity index (χ4v) is 2.17. The number of benzene rings is 1. The molecule has 0 bridgehead atoms. The van der Waals surface area contributed by atoms with Gasteiger partial charge in [0.1, 0.15) is 0 Å². The second-order valence-electron chi connectivity index (χ2n) is 7.11. The van der Waals surface area contributed by atoms with Gasteiger partial charge in [0.25, 0.3) is 0 Å². The molecule has 1 rings (SSSR count). The van der Waals surface area contributed by atoms with Gasteiger partial charge in [-0.3, -0.25) is 0 Å². The molecule has 1 aromatic rings. The summed E-state index contributed by atoms with van der Waals surface area (Å²) in [5, 5.41) is 16.9. The van der Waals surface area contributed by atoms with Crippen molar-refractivity contribution in [3.8, 4) is 0 Å². The number of ether oxygens (including phenoxy) is 1. The molecule has 3 nitrogen and oxygen atoms in total. The van der Waals surface area contributed by atoms with E-state index in [0.29, 0.717) is 11.7 Å². The van der Waals surface area contributed by atoms with E-state index in [2.05, 4.69) is 89.4 Å². The Balaban J connectivity index is -0.000000428. The van der Waals surface area contributed by atoms with E-state index in [1.165, 1.54) is 30.2 Å². The molecule has 29 heavy (non-hydrogen) atoms. The van der Waals surface area contributed by atoms with Crippen LogP contribution in [0.15, 0.2) is 61.1 Å². The molecule has 0 heterocycles. The van der Waals surface area contributed by atoms with E-state index in [4.69, 9.17) is 5.11 Å². The lowest BCUT2D eigenvalue weighted by molar-refractivity contribution is 0.339. The van der Waals surface area contributed by atoms with Gasteiger partial charge in [-0.1, -0.05) is 91.0 Å². The van der Waals surface area contributed by atoms with E-state index in [9.17, 15) is 5.11 Å². The van der Waals surface area contributed by atoms with Crippen molar-refractivity contribution in [3.05, 3.63) is 72.2 Å². The third kappa shape index (κ3) is 22.5. The van der Waals surface area contributed by atoms with Crippen LogP contribution in [0.25, 0.3) is 0 Å². The Labute approximate surface area is 185 Å². The smallest absolute Gasteiger partial charge is 0.0926 e. The van der Waals surface area contributed by atoms with Crippen molar-refractivity contribution >= 4 is 12.6 Å². The fourth-order valence-electron chi connectivity index (χ4n) is 2.17. The molecule has 4 heteroatoms. The second kappa shape index (κ2) is 22.6. The quantitative estimate of drug-likeness (QED) is 0.184.